The van der Waals surface area contributed by atoms with Crippen molar-refractivity contribution >= 4 is 34.4 Å². The zero-order chi connectivity index (χ0) is 18.5. The third-order valence-electron chi connectivity index (χ3n) is 3.95. The Bertz CT molecular complexity index is 1050. The SMILES string of the molecule is N#C/C(=C\c1c(OCc2ccccc2Cl)ccc2ccccc12)C(N)=O. The molecule has 0 aromatic heterocycles. The van der Waals surface area contributed by atoms with Crippen molar-refractivity contribution in [3.05, 3.63) is 82.4 Å². The fraction of sp³-hybridized carbons (Fsp3) is 0.0476. The van der Waals surface area contributed by atoms with Gasteiger partial charge in [-0.25, -0.2) is 0 Å². The summed E-state index contributed by atoms with van der Waals surface area (Å²) in [6.45, 7) is 0.261. The fourth-order valence-corrected chi connectivity index (χ4v) is 2.81. The number of hydrogen-bond donors (Lipinski definition) is 1. The van der Waals surface area contributed by atoms with Crippen molar-refractivity contribution in [2.45, 2.75) is 6.61 Å². The maximum Gasteiger partial charge on any atom is 0.259 e. The monoisotopic (exact) mass is 362 g/mol. The standard InChI is InChI=1S/C21H15ClN2O2/c22-19-8-4-2-6-15(19)13-26-20-10-9-14-5-1-3-7-17(14)18(20)11-16(12-23)21(24)25/h1-11H,13H2,(H2,24,25)/b16-11+. The van der Waals surface area contributed by atoms with Gasteiger partial charge >= 0.3 is 0 Å². The van der Waals surface area contributed by atoms with Crippen molar-refractivity contribution in [2.75, 3.05) is 0 Å². The van der Waals surface area contributed by atoms with E-state index in [1.54, 1.807) is 12.1 Å². The predicted octanol–water partition coefficient (Wildman–Crippen LogP) is 4.46. The van der Waals surface area contributed by atoms with Crippen LogP contribution in [0.15, 0.2) is 66.2 Å². The summed E-state index contributed by atoms with van der Waals surface area (Å²) in [5.41, 5.74) is 6.62. The van der Waals surface area contributed by atoms with Gasteiger partial charge in [0.25, 0.3) is 5.91 Å². The highest BCUT2D eigenvalue weighted by atomic mass is 35.5. The minimum absolute atomic E-state index is 0.135. The Balaban J connectivity index is 2.07. The highest BCUT2D eigenvalue weighted by Gasteiger charge is 2.12. The lowest BCUT2D eigenvalue weighted by Crippen LogP contribution is -2.12. The van der Waals surface area contributed by atoms with E-state index in [2.05, 4.69) is 0 Å². The van der Waals surface area contributed by atoms with Crippen molar-refractivity contribution in [1.82, 2.24) is 0 Å². The first-order valence-electron chi connectivity index (χ1n) is 7.89. The van der Waals surface area contributed by atoms with E-state index >= 15 is 0 Å². The van der Waals surface area contributed by atoms with Crippen LogP contribution in [0.2, 0.25) is 5.02 Å². The summed E-state index contributed by atoms with van der Waals surface area (Å²) in [5.74, 6) is -0.241. The minimum Gasteiger partial charge on any atom is -0.488 e. The van der Waals surface area contributed by atoms with Crippen molar-refractivity contribution in [3.63, 3.8) is 0 Å². The van der Waals surface area contributed by atoms with Crippen LogP contribution in [-0.2, 0) is 11.4 Å². The van der Waals surface area contributed by atoms with Crippen LogP contribution in [0, 0.1) is 11.3 Å². The summed E-state index contributed by atoms with van der Waals surface area (Å²) in [7, 11) is 0. The molecule has 0 aliphatic heterocycles. The molecule has 0 aliphatic carbocycles. The molecule has 2 N–H and O–H groups in total. The molecule has 0 spiro atoms. The molecule has 0 unspecified atom stereocenters. The first kappa shape index (κ1) is 17.5. The molecule has 0 aliphatic rings. The number of nitrogens with two attached hydrogens (primary N) is 1. The Morgan fingerprint density at radius 3 is 2.58 bits per heavy atom. The number of hydrogen-bond acceptors (Lipinski definition) is 3. The second-order valence-electron chi connectivity index (χ2n) is 5.61. The number of primary amides is 1. The van der Waals surface area contributed by atoms with Gasteiger partial charge in [0.05, 0.1) is 0 Å². The number of amides is 1. The Hall–Kier alpha value is -3.29. The second kappa shape index (κ2) is 7.73. The maximum absolute atomic E-state index is 11.5. The second-order valence-corrected chi connectivity index (χ2v) is 6.02. The molecule has 0 saturated heterocycles. The topological polar surface area (TPSA) is 76.1 Å². The van der Waals surface area contributed by atoms with Gasteiger partial charge in [0, 0.05) is 16.1 Å². The van der Waals surface area contributed by atoms with Gasteiger partial charge < -0.3 is 10.5 Å². The Morgan fingerprint density at radius 1 is 1.12 bits per heavy atom. The predicted molar refractivity (Wildman–Crippen MR) is 103 cm³/mol. The molecule has 128 valence electrons. The van der Waals surface area contributed by atoms with E-state index < -0.39 is 5.91 Å². The number of carbonyl (C=O) groups is 1. The van der Waals surface area contributed by atoms with E-state index in [0.29, 0.717) is 16.3 Å². The quantitative estimate of drug-likeness (QED) is 0.537. The lowest BCUT2D eigenvalue weighted by atomic mass is 10.0. The molecule has 26 heavy (non-hydrogen) atoms. The number of benzene rings is 3. The summed E-state index contributed by atoms with van der Waals surface area (Å²) in [4.78, 5) is 11.5. The minimum atomic E-state index is -0.780. The number of fused-ring (bicyclic) bond motifs is 1. The van der Waals surface area contributed by atoms with Gasteiger partial charge in [-0.05, 0) is 29.0 Å². The molecule has 0 heterocycles. The Kier molecular flexibility index (Phi) is 5.21. The number of nitrogens with zero attached hydrogens (tertiary/aromatic N) is 1. The number of carbonyl (C=O) groups excluding carboxylic acids is 1. The van der Waals surface area contributed by atoms with Crippen LogP contribution >= 0.6 is 11.6 Å². The molecule has 4 nitrogen and oxygen atoms in total. The van der Waals surface area contributed by atoms with Crippen LogP contribution in [0.1, 0.15) is 11.1 Å². The summed E-state index contributed by atoms with van der Waals surface area (Å²) in [6.07, 6.45) is 1.46. The van der Waals surface area contributed by atoms with Crippen LogP contribution in [0.5, 0.6) is 5.75 Å². The molecule has 0 atom stereocenters. The van der Waals surface area contributed by atoms with Crippen molar-refractivity contribution in [2.24, 2.45) is 5.73 Å². The summed E-state index contributed by atoms with van der Waals surface area (Å²) in [5, 5.41) is 11.6. The number of rotatable bonds is 5. The summed E-state index contributed by atoms with van der Waals surface area (Å²) in [6, 6.07) is 20.6. The fourth-order valence-electron chi connectivity index (χ4n) is 2.62. The molecule has 0 bridgehead atoms. The van der Waals surface area contributed by atoms with Gasteiger partial charge in [0.1, 0.15) is 24.0 Å². The molecule has 3 rings (SSSR count). The Labute approximate surface area is 156 Å². The van der Waals surface area contributed by atoms with Crippen LogP contribution in [0.3, 0.4) is 0 Å². The summed E-state index contributed by atoms with van der Waals surface area (Å²) >= 11 is 6.18. The molecule has 3 aromatic carbocycles. The normalized spacial score (nSPS) is 11.2. The van der Waals surface area contributed by atoms with Gasteiger partial charge in [-0.2, -0.15) is 5.26 Å². The average Bonchev–Trinajstić information content (AvgIpc) is 2.65. The van der Waals surface area contributed by atoms with Crippen molar-refractivity contribution in [1.29, 1.82) is 5.26 Å². The van der Waals surface area contributed by atoms with Gasteiger partial charge in [-0.1, -0.05) is 60.1 Å². The number of ether oxygens (including phenoxy) is 1. The average molecular weight is 363 g/mol. The van der Waals surface area contributed by atoms with Gasteiger partial charge in [-0.3, -0.25) is 4.79 Å². The lowest BCUT2D eigenvalue weighted by Gasteiger charge is -2.13. The molecule has 1 amide bonds. The van der Waals surface area contributed by atoms with Gasteiger partial charge in [0.15, 0.2) is 0 Å². The molecular weight excluding hydrogens is 348 g/mol. The zero-order valence-electron chi connectivity index (χ0n) is 13.8. The van der Waals surface area contributed by atoms with Crippen LogP contribution in [-0.4, -0.2) is 5.91 Å². The van der Waals surface area contributed by atoms with E-state index in [0.717, 1.165) is 16.3 Å². The maximum atomic E-state index is 11.5. The lowest BCUT2D eigenvalue weighted by molar-refractivity contribution is -0.114. The first-order valence-corrected chi connectivity index (χ1v) is 8.27. The highest BCUT2D eigenvalue weighted by Crippen LogP contribution is 2.31. The third kappa shape index (κ3) is 3.69. The number of nitriles is 1. The van der Waals surface area contributed by atoms with E-state index in [4.69, 9.17) is 22.1 Å². The van der Waals surface area contributed by atoms with Crippen molar-refractivity contribution < 1.29 is 9.53 Å². The van der Waals surface area contributed by atoms with E-state index in [1.165, 1.54) is 6.08 Å². The number of halogens is 1. The van der Waals surface area contributed by atoms with Gasteiger partial charge in [-0.15, -0.1) is 0 Å². The zero-order valence-corrected chi connectivity index (χ0v) is 14.5. The van der Waals surface area contributed by atoms with Crippen LogP contribution < -0.4 is 10.5 Å². The highest BCUT2D eigenvalue weighted by molar-refractivity contribution is 6.31. The first-order chi connectivity index (χ1) is 12.6. The van der Waals surface area contributed by atoms with Crippen LogP contribution in [0.25, 0.3) is 16.8 Å². The third-order valence-corrected chi connectivity index (χ3v) is 4.32. The molecular formula is C21H15ClN2O2. The molecule has 0 fully saturated rings. The largest absolute Gasteiger partial charge is 0.488 e. The molecule has 0 radical (unpaired) electrons. The summed E-state index contributed by atoms with van der Waals surface area (Å²) < 4.78 is 5.95. The molecule has 5 heteroatoms. The van der Waals surface area contributed by atoms with E-state index in [9.17, 15) is 10.1 Å². The Morgan fingerprint density at radius 2 is 1.85 bits per heavy atom. The smallest absolute Gasteiger partial charge is 0.259 e. The van der Waals surface area contributed by atoms with Gasteiger partial charge in [0.2, 0.25) is 0 Å². The van der Waals surface area contributed by atoms with Crippen LogP contribution in [0.4, 0.5) is 0 Å². The van der Waals surface area contributed by atoms with Crippen molar-refractivity contribution in [3.8, 4) is 11.8 Å². The van der Waals surface area contributed by atoms with E-state index in [-0.39, 0.29) is 12.2 Å². The molecule has 0 saturated carbocycles. The molecule has 3 aromatic rings. The van der Waals surface area contributed by atoms with E-state index in [1.807, 2.05) is 54.6 Å².